The van der Waals surface area contributed by atoms with Crippen LogP contribution >= 0.6 is 0 Å². The molecular formula is C19H19N3O5. The number of para-hydroxylation sites is 2. The number of amides is 1. The molecule has 8 nitrogen and oxygen atoms in total. The average molecular weight is 369 g/mol. The van der Waals surface area contributed by atoms with E-state index < -0.39 is 10.8 Å². The van der Waals surface area contributed by atoms with E-state index in [1.54, 1.807) is 42.5 Å². The lowest BCUT2D eigenvalue weighted by Crippen LogP contribution is -2.24. The molecule has 140 valence electrons. The van der Waals surface area contributed by atoms with Crippen molar-refractivity contribution in [3.8, 4) is 11.5 Å². The van der Waals surface area contributed by atoms with Crippen molar-refractivity contribution in [3.05, 3.63) is 70.3 Å². The van der Waals surface area contributed by atoms with Crippen LogP contribution < -0.4 is 14.9 Å². The van der Waals surface area contributed by atoms with Crippen LogP contribution in [0.25, 0.3) is 6.08 Å². The maximum absolute atomic E-state index is 11.7. The first-order valence-corrected chi connectivity index (χ1v) is 8.18. The molecule has 0 bridgehead atoms. The number of nitro benzene ring substituents is 1. The molecule has 0 aliphatic carbocycles. The van der Waals surface area contributed by atoms with Gasteiger partial charge in [0.15, 0.2) is 18.1 Å². The normalized spacial score (nSPS) is 10.9. The zero-order valence-electron chi connectivity index (χ0n) is 14.7. The minimum atomic E-state index is -0.459. The van der Waals surface area contributed by atoms with Gasteiger partial charge >= 0.3 is 0 Å². The van der Waals surface area contributed by atoms with Crippen molar-refractivity contribution in [2.45, 2.75) is 6.92 Å². The number of hydrogen-bond acceptors (Lipinski definition) is 6. The van der Waals surface area contributed by atoms with E-state index >= 15 is 0 Å². The Labute approximate surface area is 156 Å². The number of ether oxygens (including phenoxy) is 2. The zero-order valence-corrected chi connectivity index (χ0v) is 14.7. The highest BCUT2D eigenvalue weighted by Crippen LogP contribution is 2.26. The molecule has 1 N–H and O–H groups in total. The molecule has 0 aliphatic rings. The van der Waals surface area contributed by atoms with E-state index in [4.69, 9.17) is 9.47 Å². The van der Waals surface area contributed by atoms with E-state index in [0.717, 1.165) is 5.56 Å². The smallest absolute Gasteiger partial charge is 0.277 e. The predicted octanol–water partition coefficient (Wildman–Crippen LogP) is 3.19. The number of hydrazone groups is 1. The van der Waals surface area contributed by atoms with Crippen LogP contribution in [0.15, 0.2) is 59.7 Å². The topological polar surface area (TPSA) is 103 Å². The fourth-order valence-corrected chi connectivity index (χ4v) is 2.03. The van der Waals surface area contributed by atoms with E-state index in [1.165, 1.54) is 18.3 Å². The van der Waals surface area contributed by atoms with Gasteiger partial charge in [-0.1, -0.05) is 18.2 Å². The third kappa shape index (κ3) is 6.62. The van der Waals surface area contributed by atoms with E-state index in [-0.39, 0.29) is 12.3 Å². The minimum Gasteiger partial charge on any atom is -0.490 e. The molecule has 0 saturated heterocycles. The van der Waals surface area contributed by atoms with Crippen LogP contribution in [0, 0.1) is 10.1 Å². The number of carbonyl (C=O) groups excluding carboxylic acids is 1. The molecular weight excluding hydrogens is 350 g/mol. The lowest BCUT2D eigenvalue weighted by Gasteiger charge is -2.10. The Hall–Kier alpha value is -3.68. The first kappa shape index (κ1) is 19.6. The van der Waals surface area contributed by atoms with E-state index in [2.05, 4.69) is 10.5 Å². The van der Waals surface area contributed by atoms with Gasteiger partial charge in [-0.05, 0) is 42.8 Å². The second-order valence-electron chi connectivity index (χ2n) is 5.19. The molecule has 0 heterocycles. The van der Waals surface area contributed by atoms with Gasteiger partial charge in [0.1, 0.15) is 0 Å². The molecule has 0 saturated carbocycles. The molecule has 27 heavy (non-hydrogen) atoms. The Kier molecular flexibility index (Phi) is 7.52. The van der Waals surface area contributed by atoms with Crippen molar-refractivity contribution in [2.75, 3.05) is 13.2 Å². The van der Waals surface area contributed by atoms with Gasteiger partial charge in [0.2, 0.25) is 0 Å². The summed E-state index contributed by atoms with van der Waals surface area (Å²) in [6.07, 6.45) is 4.70. The molecule has 2 rings (SSSR count). The summed E-state index contributed by atoms with van der Waals surface area (Å²) in [5, 5.41) is 14.4. The first-order valence-electron chi connectivity index (χ1n) is 8.18. The lowest BCUT2D eigenvalue weighted by atomic mass is 10.2. The molecule has 0 spiro atoms. The zero-order chi connectivity index (χ0) is 19.5. The van der Waals surface area contributed by atoms with Crippen molar-refractivity contribution in [1.29, 1.82) is 0 Å². The number of nitrogens with zero attached hydrogens (tertiary/aromatic N) is 2. The molecule has 0 radical (unpaired) electrons. The summed E-state index contributed by atoms with van der Waals surface area (Å²) in [5.41, 5.74) is 3.14. The number of carbonyl (C=O) groups is 1. The number of rotatable bonds is 9. The number of hydrogen-bond donors (Lipinski definition) is 1. The van der Waals surface area contributed by atoms with E-state index in [9.17, 15) is 14.9 Å². The van der Waals surface area contributed by atoms with Crippen LogP contribution in [0.5, 0.6) is 11.5 Å². The highest BCUT2D eigenvalue weighted by Gasteiger charge is 2.06. The maximum atomic E-state index is 11.7. The van der Waals surface area contributed by atoms with Gasteiger partial charge in [-0.2, -0.15) is 5.10 Å². The van der Waals surface area contributed by atoms with Crippen LogP contribution in [0.4, 0.5) is 5.69 Å². The van der Waals surface area contributed by atoms with E-state index in [1.807, 2.05) is 13.0 Å². The van der Waals surface area contributed by atoms with Crippen molar-refractivity contribution in [3.63, 3.8) is 0 Å². The van der Waals surface area contributed by atoms with Crippen LogP contribution in [0.2, 0.25) is 0 Å². The monoisotopic (exact) mass is 369 g/mol. The number of allylic oxidation sites excluding steroid dienone is 1. The Morgan fingerprint density at radius 1 is 1.15 bits per heavy atom. The van der Waals surface area contributed by atoms with Crippen LogP contribution in [0.3, 0.4) is 0 Å². The minimum absolute atomic E-state index is 0.0268. The van der Waals surface area contributed by atoms with Crippen molar-refractivity contribution in [1.82, 2.24) is 5.43 Å². The van der Waals surface area contributed by atoms with Crippen molar-refractivity contribution >= 4 is 23.9 Å². The van der Waals surface area contributed by atoms with Crippen LogP contribution in [-0.2, 0) is 4.79 Å². The van der Waals surface area contributed by atoms with Crippen molar-refractivity contribution < 1.29 is 19.2 Å². The van der Waals surface area contributed by atoms with Crippen LogP contribution in [-0.4, -0.2) is 30.3 Å². The van der Waals surface area contributed by atoms with Gasteiger partial charge in [-0.3, -0.25) is 14.9 Å². The van der Waals surface area contributed by atoms with Gasteiger partial charge in [0.25, 0.3) is 11.6 Å². The summed E-state index contributed by atoms with van der Waals surface area (Å²) in [5.74, 6) is 0.639. The summed E-state index contributed by atoms with van der Waals surface area (Å²) in [4.78, 5) is 21.9. The number of nitro groups is 1. The standard InChI is InChI=1S/C19H19N3O5/c1-2-26-17-7-3-4-8-18(17)27-14-19(23)21-20-13-5-6-15-9-11-16(12-10-15)22(24)25/h3-13H,2,14H2,1H3,(H,21,23)/b6-5+,20-13-. The van der Waals surface area contributed by atoms with E-state index in [0.29, 0.717) is 18.1 Å². The summed E-state index contributed by atoms with van der Waals surface area (Å²) >= 11 is 0. The Morgan fingerprint density at radius 2 is 1.81 bits per heavy atom. The molecule has 0 unspecified atom stereocenters. The van der Waals surface area contributed by atoms with Crippen LogP contribution in [0.1, 0.15) is 12.5 Å². The molecule has 8 heteroatoms. The summed E-state index contributed by atoms with van der Waals surface area (Å²) in [7, 11) is 0. The quantitative estimate of drug-likeness (QED) is 0.415. The van der Waals surface area contributed by atoms with Gasteiger partial charge in [0, 0.05) is 18.3 Å². The average Bonchev–Trinajstić information content (AvgIpc) is 2.67. The fourth-order valence-electron chi connectivity index (χ4n) is 2.03. The van der Waals surface area contributed by atoms with Gasteiger partial charge in [0.05, 0.1) is 11.5 Å². The third-order valence-electron chi connectivity index (χ3n) is 3.25. The summed E-state index contributed by atoms with van der Waals surface area (Å²) in [6.45, 7) is 2.16. The second-order valence-corrected chi connectivity index (χ2v) is 5.19. The van der Waals surface area contributed by atoms with Gasteiger partial charge in [-0.25, -0.2) is 5.43 Å². The molecule has 1 amide bonds. The lowest BCUT2D eigenvalue weighted by molar-refractivity contribution is -0.384. The Bertz CT molecular complexity index is 831. The molecule has 0 aliphatic heterocycles. The molecule has 0 atom stereocenters. The molecule has 0 aromatic heterocycles. The van der Waals surface area contributed by atoms with Crippen molar-refractivity contribution in [2.24, 2.45) is 5.10 Å². The SMILES string of the molecule is CCOc1ccccc1OCC(=O)N/N=C\C=C\c1ccc([N+](=O)[O-])cc1. The third-order valence-corrected chi connectivity index (χ3v) is 3.25. The first-order chi connectivity index (χ1) is 13.1. The maximum Gasteiger partial charge on any atom is 0.277 e. The summed E-state index contributed by atoms with van der Waals surface area (Å²) in [6, 6.07) is 13.1. The molecule has 0 fully saturated rings. The second kappa shape index (κ2) is 10.3. The highest BCUT2D eigenvalue weighted by atomic mass is 16.6. The summed E-state index contributed by atoms with van der Waals surface area (Å²) < 4.78 is 10.8. The number of non-ortho nitro benzene ring substituents is 1. The molecule has 2 aromatic rings. The number of benzene rings is 2. The largest absolute Gasteiger partial charge is 0.490 e. The Balaban J connectivity index is 1.77. The predicted molar refractivity (Wildman–Crippen MR) is 102 cm³/mol. The number of nitrogens with one attached hydrogen (secondary N) is 1. The highest BCUT2D eigenvalue weighted by molar-refractivity contribution is 5.82. The fraction of sp³-hybridized carbons (Fsp3) is 0.158. The molecule has 2 aromatic carbocycles. The van der Waals surface area contributed by atoms with Gasteiger partial charge in [-0.15, -0.1) is 0 Å². The Morgan fingerprint density at radius 3 is 2.44 bits per heavy atom. The van der Waals surface area contributed by atoms with Gasteiger partial charge < -0.3 is 9.47 Å².